The van der Waals surface area contributed by atoms with E-state index in [1.54, 1.807) is 0 Å². The molecule has 1 heterocycles. The molecule has 5 aromatic carbocycles. The van der Waals surface area contributed by atoms with Crippen molar-refractivity contribution in [1.82, 2.24) is 4.98 Å². The Balaban J connectivity index is 0.911. The molecule has 56 heavy (non-hydrogen) atoms. The molecule has 0 amide bonds. The van der Waals surface area contributed by atoms with Gasteiger partial charge in [0.15, 0.2) is 0 Å². The van der Waals surface area contributed by atoms with Crippen molar-refractivity contribution in [3.63, 3.8) is 0 Å². The minimum Gasteiger partial charge on any atom is -0.399 e. The summed E-state index contributed by atoms with van der Waals surface area (Å²) >= 11 is 0. The number of fused-ring (bicyclic) bond motifs is 2. The summed E-state index contributed by atoms with van der Waals surface area (Å²) in [7, 11) is 0. The maximum Gasteiger partial charge on any atom is 0.239 e. The average Bonchev–Trinajstić information content (AvgIpc) is 3.19. The fraction of sp³-hybridized carbons (Fsp3) is 0.271. The molecule has 0 aliphatic heterocycles. The molecule has 1 aliphatic carbocycles. The topological polar surface area (TPSA) is 117 Å². The summed E-state index contributed by atoms with van der Waals surface area (Å²) in [4.78, 5) is 10.1. The van der Waals surface area contributed by atoms with Crippen molar-refractivity contribution in [2.24, 2.45) is 10.7 Å². The monoisotopic (exact) mass is 743 g/mol. The van der Waals surface area contributed by atoms with Crippen molar-refractivity contribution in [3.05, 3.63) is 137 Å². The lowest BCUT2D eigenvalue weighted by Crippen LogP contribution is -2.33. The zero-order valence-corrected chi connectivity index (χ0v) is 33.3. The number of allylic oxidation sites excluding steroid dienone is 3. The second-order valence-corrected chi connectivity index (χ2v) is 15.1. The molecule has 0 bridgehead atoms. The van der Waals surface area contributed by atoms with E-state index < -0.39 is 0 Å². The number of aliphatic imine (C=N–C) groups is 1. The van der Waals surface area contributed by atoms with E-state index in [9.17, 15) is 0 Å². The van der Waals surface area contributed by atoms with Crippen LogP contribution < -0.4 is 32.0 Å². The standard InChI is InChI=1S/C48H54N8/c1-32-25-37(21-22-39(32)49)54-43-27-34(3)41(30-44(43)53-36-17-11-9-12-18-36)51-23-15-7-5-6-8-16-24-52-42-31-48-46(28-35(42)4)55-45-26-33(2)40(50)29-47(45)56(48)38-19-13-10-14-20-38/h9-14,17-20,22,25-31,51,53H,5-8,15-16,21,23-24,49H2,1-4H3,(H2,50,52)/p+1. The molecule has 7 N–H and O–H groups in total. The van der Waals surface area contributed by atoms with Gasteiger partial charge in [-0.3, -0.25) is 4.99 Å². The van der Waals surface area contributed by atoms with Gasteiger partial charge in [-0.2, -0.15) is 0 Å². The van der Waals surface area contributed by atoms with E-state index in [2.05, 4.69) is 113 Å². The van der Waals surface area contributed by atoms with Gasteiger partial charge in [-0.05, 0) is 105 Å². The van der Waals surface area contributed by atoms with Crippen LogP contribution in [0.2, 0.25) is 0 Å². The predicted octanol–water partition coefficient (Wildman–Crippen LogP) is 11.0. The predicted molar refractivity (Wildman–Crippen MR) is 238 cm³/mol. The molecular weight excluding hydrogens is 689 g/mol. The molecule has 8 heteroatoms. The smallest absolute Gasteiger partial charge is 0.239 e. The quantitative estimate of drug-likeness (QED) is 0.0309. The van der Waals surface area contributed by atoms with Gasteiger partial charge in [0.05, 0.1) is 11.4 Å². The van der Waals surface area contributed by atoms with E-state index in [1.807, 2.05) is 44.2 Å². The van der Waals surface area contributed by atoms with Crippen molar-refractivity contribution in [3.8, 4) is 5.69 Å². The summed E-state index contributed by atoms with van der Waals surface area (Å²) in [6.07, 6.45) is 12.0. The number of nitrogens with one attached hydrogen (secondary N) is 3. The van der Waals surface area contributed by atoms with Gasteiger partial charge in [0.1, 0.15) is 11.0 Å². The number of para-hydroxylation sites is 2. The van der Waals surface area contributed by atoms with Gasteiger partial charge < -0.3 is 27.4 Å². The SMILES string of the molecule is CC1=CC(=Nc2cc(C)c(NCCCCCCCCNc3cc4c(cc3C)nc3cc(C)c(N)cc3[n+]4-c3ccccc3)cc2Nc2ccccc2)CC=C1N. The van der Waals surface area contributed by atoms with Crippen LogP contribution in [0.15, 0.2) is 125 Å². The van der Waals surface area contributed by atoms with Crippen LogP contribution >= 0.6 is 0 Å². The van der Waals surface area contributed by atoms with Gasteiger partial charge >= 0.3 is 0 Å². The Kier molecular flexibility index (Phi) is 11.9. The fourth-order valence-electron chi connectivity index (χ4n) is 7.38. The highest BCUT2D eigenvalue weighted by molar-refractivity contribution is 6.01. The minimum atomic E-state index is 0.731. The van der Waals surface area contributed by atoms with E-state index >= 15 is 0 Å². The number of nitrogen functional groups attached to an aromatic ring is 1. The maximum atomic E-state index is 6.39. The van der Waals surface area contributed by atoms with Gasteiger partial charge in [-0.25, -0.2) is 4.98 Å². The van der Waals surface area contributed by atoms with E-state index in [0.717, 1.165) is 117 Å². The number of hydrogen-bond acceptors (Lipinski definition) is 7. The first-order valence-electron chi connectivity index (χ1n) is 20.0. The third-order valence-electron chi connectivity index (χ3n) is 10.7. The molecule has 0 atom stereocenters. The Morgan fingerprint density at radius 1 is 0.643 bits per heavy atom. The molecule has 1 aliphatic rings. The fourth-order valence-corrected chi connectivity index (χ4v) is 7.38. The molecule has 0 spiro atoms. The molecule has 0 fully saturated rings. The molecule has 286 valence electrons. The zero-order chi connectivity index (χ0) is 39.0. The number of anilines is 5. The Morgan fingerprint density at radius 3 is 1.91 bits per heavy atom. The number of rotatable bonds is 15. The van der Waals surface area contributed by atoms with Crippen LogP contribution in [-0.4, -0.2) is 23.8 Å². The first kappa shape index (κ1) is 38.1. The number of hydrogen-bond donors (Lipinski definition) is 5. The van der Waals surface area contributed by atoms with Gasteiger partial charge in [-0.1, -0.05) is 68.2 Å². The number of aromatic nitrogens is 2. The summed E-state index contributed by atoms with van der Waals surface area (Å²) in [6, 6.07) is 33.7. The lowest BCUT2D eigenvalue weighted by atomic mass is 10.0. The number of nitrogens with zero attached hydrogens (tertiary/aromatic N) is 3. The zero-order valence-electron chi connectivity index (χ0n) is 33.3. The Labute approximate surface area is 331 Å². The van der Waals surface area contributed by atoms with Gasteiger partial charge in [0.2, 0.25) is 16.7 Å². The Hall–Kier alpha value is -6.15. The number of aryl methyl sites for hydroxylation is 3. The van der Waals surface area contributed by atoms with Crippen molar-refractivity contribution in [2.45, 2.75) is 72.6 Å². The molecule has 7 rings (SSSR count). The molecule has 1 aromatic heterocycles. The molecule has 0 radical (unpaired) electrons. The summed E-state index contributed by atoms with van der Waals surface area (Å²) in [5.74, 6) is 0. The molecule has 0 unspecified atom stereocenters. The van der Waals surface area contributed by atoms with Crippen molar-refractivity contribution >= 4 is 61.9 Å². The first-order chi connectivity index (χ1) is 27.2. The van der Waals surface area contributed by atoms with Gasteiger partial charge in [-0.15, -0.1) is 4.57 Å². The van der Waals surface area contributed by atoms with Crippen molar-refractivity contribution < 1.29 is 4.57 Å². The van der Waals surface area contributed by atoms with Crippen molar-refractivity contribution in [1.29, 1.82) is 0 Å². The largest absolute Gasteiger partial charge is 0.399 e. The van der Waals surface area contributed by atoms with E-state index in [-0.39, 0.29) is 0 Å². The Bertz CT molecular complexity index is 2430. The van der Waals surface area contributed by atoms with Crippen LogP contribution in [-0.2, 0) is 0 Å². The number of benzene rings is 5. The first-order valence-corrected chi connectivity index (χ1v) is 20.0. The highest BCUT2D eigenvalue weighted by Gasteiger charge is 2.22. The van der Waals surface area contributed by atoms with Crippen LogP contribution in [0.5, 0.6) is 0 Å². The molecule has 0 saturated carbocycles. The summed E-state index contributed by atoms with van der Waals surface area (Å²) in [5, 5.41) is 11.1. The van der Waals surface area contributed by atoms with Crippen LogP contribution in [0, 0.1) is 20.8 Å². The second kappa shape index (κ2) is 17.5. The summed E-state index contributed by atoms with van der Waals surface area (Å²) < 4.78 is 2.28. The van der Waals surface area contributed by atoms with Crippen LogP contribution in [0.3, 0.4) is 0 Å². The number of unbranched alkanes of at least 4 members (excludes halogenated alkanes) is 5. The van der Waals surface area contributed by atoms with Crippen LogP contribution in [0.4, 0.5) is 34.1 Å². The summed E-state index contributed by atoms with van der Waals surface area (Å²) in [5.41, 5.74) is 29.9. The van der Waals surface area contributed by atoms with Crippen molar-refractivity contribution in [2.75, 3.05) is 34.8 Å². The van der Waals surface area contributed by atoms with Crippen LogP contribution in [0.1, 0.15) is 68.6 Å². The third-order valence-corrected chi connectivity index (χ3v) is 10.7. The highest BCUT2D eigenvalue weighted by Crippen LogP contribution is 2.35. The maximum absolute atomic E-state index is 6.39. The lowest BCUT2D eigenvalue weighted by Gasteiger charge is -2.17. The molecule has 8 nitrogen and oxygen atoms in total. The summed E-state index contributed by atoms with van der Waals surface area (Å²) in [6.45, 7) is 10.3. The second-order valence-electron chi connectivity index (χ2n) is 15.1. The van der Waals surface area contributed by atoms with Crippen LogP contribution in [0.25, 0.3) is 27.8 Å². The lowest BCUT2D eigenvalue weighted by molar-refractivity contribution is -0.538. The molecule has 6 aromatic rings. The minimum absolute atomic E-state index is 0.731. The third kappa shape index (κ3) is 9.03. The molecule has 0 saturated heterocycles. The normalized spacial score (nSPS) is 13.5. The highest BCUT2D eigenvalue weighted by atomic mass is 15.0. The van der Waals surface area contributed by atoms with E-state index in [0.29, 0.717) is 0 Å². The Morgan fingerprint density at radius 2 is 1.23 bits per heavy atom. The van der Waals surface area contributed by atoms with Gasteiger partial charge in [0, 0.05) is 77.9 Å². The number of nitrogens with two attached hydrogens (primary N) is 2. The average molecular weight is 744 g/mol. The van der Waals surface area contributed by atoms with Gasteiger partial charge in [0.25, 0.3) is 0 Å². The molecular formula is C48H55N8+. The van der Waals surface area contributed by atoms with E-state index in [1.165, 1.54) is 36.8 Å². The van der Waals surface area contributed by atoms with E-state index in [4.69, 9.17) is 21.4 Å².